The lowest BCUT2D eigenvalue weighted by molar-refractivity contribution is -0.112. The molecule has 0 saturated carbocycles. The number of aliphatic imine (C=N–C) groups is 1. The monoisotopic (exact) mass is 306 g/mol. The molecule has 2 aliphatic rings. The van der Waals surface area contributed by atoms with Crippen molar-refractivity contribution < 1.29 is 4.79 Å². The fourth-order valence-corrected chi connectivity index (χ4v) is 3.54. The van der Waals surface area contributed by atoms with Gasteiger partial charge in [-0.05, 0) is 11.1 Å². The Morgan fingerprint density at radius 3 is 2.43 bits per heavy atom. The summed E-state index contributed by atoms with van der Waals surface area (Å²) in [6.45, 7) is 4.31. The first-order valence-electron chi connectivity index (χ1n) is 7.88. The van der Waals surface area contributed by atoms with Gasteiger partial charge in [-0.15, -0.1) is 0 Å². The van der Waals surface area contributed by atoms with Gasteiger partial charge >= 0.3 is 0 Å². The lowest BCUT2D eigenvalue weighted by Crippen LogP contribution is -2.41. The lowest BCUT2D eigenvalue weighted by Gasteiger charge is -2.37. The number of hydrogen-bond acceptors (Lipinski definition) is 2. The summed E-state index contributed by atoms with van der Waals surface area (Å²) >= 11 is 0. The Labute approximate surface area is 137 Å². The summed E-state index contributed by atoms with van der Waals surface area (Å²) in [6, 6.07) is 9.84. The summed E-state index contributed by atoms with van der Waals surface area (Å²) in [5, 5.41) is 0. The van der Waals surface area contributed by atoms with Crippen molar-refractivity contribution in [3.8, 4) is 0 Å². The standard InChI is InChI=1S/C20H22N2O/c1-20(2)16-13-9-8-12-15(16)17(14-10-6-5-7-11-14)18(23)21-19(20)22(3)4/h5-13,16H,1-4H3. The second kappa shape index (κ2) is 5.65. The van der Waals surface area contributed by atoms with Gasteiger partial charge in [0.15, 0.2) is 0 Å². The maximum absolute atomic E-state index is 12.9. The molecule has 0 bridgehead atoms. The average molecular weight is 306 g/mol. The van der Waals surface area contributed by atoms with Crippen LogP contribution >= 0.6 is 0 Å². The van der Waals surface area contributed by atoms with Gasteiger partial charge in [-0.3, -0.25) is 4.79 Å². The molecule has 3 nitrogen and oxygen atoms in total. The summed E-state index contributed by atoms with van der Waals surface area (Å²) in [5.74, 6) is 0.775. The van der Waals surface area contributed by atoms with Gasteiger partial charge < -0.3 is 4.90 Å². The first-order valence-corrected chi connectivity index (χ1v) is 7.88. The van der Waals surface area contributed by atoms with Gasteiger partial charge in [-0.1, -0.05) is 68.5 Å². The number of rotatable bonds is 1. The zero-order valence-corrected chi connectivity index (χ0v) is 14.1. The second-order valence-corrected chi connectivity index (χ2v) is 6.77. The molecule has 1 aliphatic heterocycles. The molecule has 0 spiro atoms. The highest BCUT2D eigenvalue weighted by Crippen LogP contribution is 2.43. The molecule has 0 saturated heterocycles. The van der Waals surface area contributed by atoms with E-state index in [-0.39, 0.29) is 17.2 Å². The second-order valence-electron chi connectivity index (χ2n) is 6.77. The van der Waals surface area contributed by atoms with Gasteiger partial charge in [0.1, 0.15) is 5.84 Å². The van der Waals surface area contributed by atoms with Crippen LogP contribution < -0.4 is 0 Å². The lowest BCUT2D eigenvalue weighted by atomic mass is 9.70. The van der Waals surface area contributed by atoms with Crippen molar-refractivity contribution in [2.24, 2.45) is 16.3 Å². The van der Waals surface area contributed by atoms with Gasteiger partial charge in [0.05, 0.1) is 5.57 Å². The molecule has 1 aromatic rings. The molecule has 1 aliphatic carbocycles. The normalized spacial score (nSPS) is 22.5. The van der Waals surface area contributed by atoms with Crippen LogP contribution in [0.2, 0.25) is 0 Å². The molecular weight excluding hydrogens is 284 g/mol. The highest BCUT2D eigenvalue weighted by Gasteiger charge is 2.41. The summed E-state index contributed by atoms with van der Waals surface area (Å²) in [4.78, 5) is 19.4. The van der Waals surface area contributed by atoms with Crippen LogP contribution in [0.1, 0.15) is 19.4 Å². The molecule has 1 aromatic carbocycles. The minimum Gasteiger partial charge on any atom is -0.366 e. The minimum atomic E-state index is -0.258. The molecule has 3 heteroatoms. The Balaban J connectivity index is 2.28. The van der Waals surface area contributed by atoms with E-state index >= 15 is 0 Å². The molecule has 0 aromatic heterocycles. The summed E-state index contributed by atoms with van der Waals surface area (Å²) in [6.07, 6.45) is 8.29. The zero-order chi connectivity index (χ0) is 16.6. The highest BCUT2D eigenvalue weighted by molar-refractivity contribution is 6.25. The van der Waals surface area contributed by atoms with Crippen molar-refractivity contribution >= 4 is 17.3 Å². The van der Waals surface area contributed by atoms with Gasteiger partial charge in [0.2, 0.25) is 0 Å². The number of nitrogens with zero attached hydrogens (tertiary/aromatic N) is 2. The van der Waals surface area contributed by atoms with E-state index in [0.717, 1.165) is 17.0 Å². The number of allylic oxidation sites excluding steroid dienone is 5. The zero-order valence-electron chi connectivity index (χ0n) is 14.1. The largest absolute Gasteiger partial charge is 0.366 e. The number of amides is 1. The smallest absolute Gasteiger partial charge is 0.279 e. The number of carbonyl (C=O) groups excluding carboxylic acids is 1. The Morgan fingerprint density at radius 1 is 1.09 bits per heavy atom. The summed E-state index contributed by atoms with van der Waals surface area (Å²) < 4.78 is 0. The van der Waals surface area contributed by atoms with E-state index in [0.29, 0.717) is 5.57 Å². The van der Waals surface area contributed by atoms with Gasteiger partial charge in [0, 0.05) is 25.4 Å². The first-order chi connectivity index (χ1) is 10.9. The van der Waals surface area contributed by atoms with Crippen LogP contribution in [0, 0.1) is 11.3 Å². The molecule has 3 rings (SSSR count). The van der Waals surface area contributed by atoms with E-state index < -0.39 is 0 Å². The predicted octanol–water partition coefficient (Wildman–Crippen LogP) is 3.71. The van der Waals surface area contributed by atoms with Crippen molar-refractivity contribution in [2.75, 3.05) is 14.1 Å². The Bertz CT molecular complexity index is 749. The van der Waals surface area contributed by atoms with E-state index in [2.05, 4.69) is 37.1 Å². The van der Waals surface area contributed by atoms with Crippen LogP contribution in [0.25, 0.3) is 5.57 Å². The van der Waals surface area contributed by atoms with Crippen LogP contribution in [-0.4, -0.2) is 30.7 Å². The molecule has 1 unspecified atom stereocenters. The van der Waals surface area contributed by atoms with Crippen LogP contribution in [0.3, 0.4) is 0 Å². The molecule has 0 N–H and O–H groups in total. The number of fused-ring (bicyclic) bond motifs is 1. The van der Waals surface area contributed by atoms with E-state index in [1.807, 2.05) is 55.4 Å². The predicted molar refractivity (Wildman–Crippen MR) is 95.0 cm³/mol. The number of amidine groups is 1. The van der Waals surface area contributed by atoms with Crippen molar-refractivity contribution in [3.63, 3.8) is 0 Å². The highest BCUT2D eigenvalue weighted by atomic mass is 16.1. The van der Waals surface area contributed by atoms with E-state index in [9.17, 15) is 4.79 Å². The first kappa shape index (κ1) is 15.5. The third kappa shape index (κ3) is 2.56. The summed E-state index contributed by atoms with van der Waals surface area (Å²) in [5.41, 5.74) is 2.43. The Hall–Kier alpha value is -2.42. The van der Waals surface area contributed by atoms with E-state index in [4.69, 9.17) is 0 Å². The number of benzene rings is 1. The Kier molecular flexibility index (Phi) is 3.80. The maximum Gasteiger partial charge on any atom is 0.279 e. The van der Waals surface area contributed by atoms with Crippen molar-refractivity contribution in [2.45, 2.75) is 13.8 Å². The number of hydrogen-bond donors (Lipinski definition) is 0. The average Bonchev–Trinajstić information content (AvgIpc) is 2.62. The quantitative estimate of drug-likeness (QED) is 0.792. The fraction of sp³-hybridized carbons (Fsp3) is 0.300. The van der Waals surface area contributed by atoms with Crippen LogP contribution in [0.15, 0.2) is 65.2 Å². The molecule has 1 amide bonds. The number of carbonyl (C=O) groups is 1. The van der Waals surface area contributed by atoms with Gasteiger partial charge in [-0.25, -0.2) is 0 Å². The molecular formula is C20H22N2O. The van der Waals surface area contributed by atoms with Crippen LogP contribution in [0.5, 0.6) is 0 Å². The molecule has 1 heterocycles. The van der Waals surface area contributed by atoms with E-state index in [1.165, 1.54) is 0 Å². The van der Waals surface area contributed by atoms with Crippen LogP contribution in [0.4, 0.5) is 0 Å². The molecule has 0 radical (unpaired) electrons. The fourth-order valence-electron chi connectivity index (χ4n) is 3.54. The molecule has 1 atom stereocenters. The summed E-state index contributed by atoms with van der Waals surface area (Å²) in [7, 11) is 3.90. The van der Waals surface area contributed by atoms with Crippen molar-refractivity contribution in [1.29, 1.82) is 0 Å². The molecule has 118 valence electrons. The minimum absolute atomic E-state index is 0.121. The van der Waals surface area contributed by atoms with Gasteiger partial charge in [-0.2, -0.15) is 4.99 Å². The topological polar surface area (TPSA) is 32.7 Å². The maximum atomic E-state index is 12.9. The third-order valence-electron chi connectivity index (χ3n) is 4.58. The van der Waals surface area contributed by atoms with Crippen LogP contribution in [-0.2, 0) is 4.79 Å². The van der Waals surface area contributed by atoms with Gasteiger partial charge in [0.25, 0.3) is 5.91 Å². The van der Waals surface area contributed by atoms with E-state index in [1.54, 1.807) is 0 Å². The Morgan fingerprint density at radius 2 is 1.78 bits per heavy atom. The van der Waals surface area contributed by atoms with Crippen molar-refractivity contribution in [1.82, 2.24) is 4.90 Å². The molecule has 23 heavy (non-hydrogen) atoms. The SMILES string of the molecule is CN(C)C1=NC(=O)C(c2ccccc2)=C2C=CC=CC2C1(C)C. The third-order valence-corrected chi connectivity index (χ3v) is 4.58. The molecule has 0 fully saturated rings. The van der Waals surface area contributed by atoms with Crippen molar-refractivity contribution in [3.05, 3.63) is 65.8 Å².